The third-order valence-corrected chi connectivity index (χ3v) is 3.12. The van der Waals surface area contributed by atoms with Crippen molar-refractivity contribution in [3.05, 3.63) is 35.9 Å². The summed E-state index contributed by atoms with van der Waals surface area (Å²) in [4.78, 5) is 15.2. The van der Waals surface area contributed by atoms with E-state index in [-0.39, 0.29) is 0 Å². The zero-order valence-corrected chi connectivity index (χ0v) is 9.52. The summed E-state index contributed by atoms with van der Waals surface area (Å²) in [7, 11) is 0. The van der Waals surface area contributed by atoms with Gasteiger partial charge in [-0.15, -0.1) is 0 Å². The van der Waals surface area contributed by atoms with Gasteiger partial charge in [-0.1, -0.05) is 12.1 Å². The van der Waals surface area contributed by atoms with Gasteiger partial charge in [0.2, 0.25) is 0 Å². The van der Waals surface area contributed by atoms with Crippen LogP contribution in [0.2, 0.25) is 0 Å². The Morgan fingerprint density at radius 1 is 1.29 bits per heavy atom. The number of hydrogen-bond donors (Lipinski definition) is 1. The van der Waals surface area contributed by atoms with E-state index in [1.807, 2.05) is 30.3 Å². The first kappa shape index (κ1) is 10.3. The summed E-state index contributed by atoms with van der Waals surface area (Å²) in [5, 5.41) is 4.40. The van der Waals surface area contributed by atoms with Crippen LogP contribution >= 0.6 is 0 Å². The summed E-state index contributed by atoms with van der Waals surface area (Å²) in [5.41, 5.74) is 1.54. The molecule has 1 saturated carbocycles. The predicted molar refractivity (Wildman–Crippen MR) is 68.3 cm³/mol. The fraction of sp³-hybridized carbons (Fsp3) is 0.286. The zero-order chi connectivity index (χ0) is 11.7. The van der Waals surface area contributed by atoms with Crippen molar-refractivity contribution in [2.24, 2.45) is 5.92 Å². The van der Waals surface area contributed by atoms with Crippen LogP contribution in [0.5, 0.6) is 0 Å². The first-order chi connectivity index (χ1) is 8.35. The van der Waals surface area contributed by atoms with Crippen LogP contribution in [0.3, 0.4) is 0 Å². The molecule has 1 heterocycles. The molecule has 1 N–H and O–H groups in total. The molecule has 3 nitrogen and oxygen atoms in total. The molecule has 2 aromatic rings. The molecule has 0 aliphatic heterocycles. The smallest absolute Gasteiger partial charge is 0.150 e. The number of aromatic nitrogens is 1. The highest BCUT2D eigenvalue weighted by Gasteiger charge is 2.20. The van der Waals surface area contributed by atoms with Gasteiger partial charge in [0.25, 0.3) is 0 Å². The van der Waals surface area contributed by atoms with E-state index in [2.05, 4.69) is 10.3 Å². The Morgan fingerprint density at radius 2 is 2.12 bits per heavy atom. The fourth-order valence-corrected chi connectivity index (χ4v) is 1.88. The van der Waals surface area contributed by atoms with Crippen LogP contribution < -0.4 is 5.32 Å². The van der Waals surface area contributed by atoms with Crippen molar-refractivity contribution in [1.29, 1.82) is 0 Å². The lowest BCUT2D eigenvalue weighted by Crippen LogP contribution is -2.04. The molecule has 1 aliphatic rings. The van der Waals surface area contributed by atoms with Gasteiger partial charge in [-0.25, -0.2) is 4.98 Å². The maximum absolute atomic E-state index is 10.7. The molecule has 0 bridgehead atoms. The monoisotopic (exact) mass is 226 g/mol. The van der Waals surface area contributed by atoms with E-state index in [0.29, 0.717) is 5.56 Å². The fourth-order valence-electron chi connectivity index (χ4n) is 1.88. The van der Waals surface area contributed by atoms with E-state index >= 15 is 0 Å². The maximum atomic E-state index is 10.7. The summed E-state index contributed by atoms with van der Waals surface area (Å²) in [5.74, 6) is 1.72. The quantitative estimate of drug-likeness (QED) is 0.815. The number of hydrogen-bond acceptors (Lipinski definition) is 3. The van der Waals surface area contributed by atoms with Crippen molar-refractivity contribution in [1.82, 2.24) is 4.98 Å². The number of aldehydes is 1. The van der Waals surface area contributed by atoms with Crippen molar-refractivity contribution >= 4 is 23.0 Å². The lowest BCUT2D eigenvalue weighted by molar-refractivity contribution is 0.112. The van der Waals surface area contributed by atoms with E-state index in [9.17, 15) is 4.79 Å². The van der Waals surface area contributed by atoms with Gasteiger partial charge in [-0.3, -0.25) is 4.79 Å². The molecule has 0 unspecified atom stereocenters. The average molecular weight is 226 g/mol. The van der Waals surface area contributed by atoms with E-state index in [0.717, 1.165) is 35.5 Å². The number of carbonyl (C=O) groups is 1. The molecule has 0 radical (unpaired) electrons. The number of carbonyl (C=O) groups excluding carboxylic acids is 1. The van der Waals surface area contributed by atoms with E-state index in [1.54, 1.807) is 0 Å². The van der Waals surface area contributed by atoms with Crippen LogP contribution in [0.1, 0.15) is 23.2 Å². The van der Waals surface area contributed by atoms with Crippen LogP contribution in [-0.2, 0) is 0 Å². The average Bonchev–Trinajstić information content (AvgIpc) is 3.19. The van der Waals surface area contributed by atoms with Gasteiger partial charge in [0.05, 0.1) is 5.52 Å². The molecule has 0 spiro atoms. The Kier molecular flexibility index (Phi) is 2.52. The van der Waals surface area contributed by atoms with E-state index in [4.69, 9.17) is 0 Å². The molecule has 1 aromatic heterocycles. The Labute approximate surface area is 99.9 Å². The van der Waals surface area contributed by atoms with Crippen LogP contribution in [0, 0.1) is 5.92 Å². The summed E-state index contributed by atoms with van der Waals surface area (Å²) in [6.07, 6.45) is 3.51. The summed E-state index contributed by atoms with van der Waals surface area (Å²) in [6.45, 7) is 1.01. The van der Waals surface area contributed by atoms with Crippen LogP contribution in [0.4, 0.5) is 5.82 Å². The van der Waals surface area contributed by atoms with Crippen LogP contribution in [0.25, 0.3) is 10.9 Å². The molecule has 3 heteroatoms. The topological polar surface area (TPSA) is 42.0 Å². The van der Waals surface area contributed by atoms with E-state index < -0.39 is 0 Å². The van der Waals surface area contributed by atoms with Crippen LogP contribution in [-0.4, -0.2) is 17.8 Å². The Bertz CT molecular complexity index is 561. The lowest BCUT2D eigenvalue weighted by Gasteiger charge is -2.05. The van der Waals surface area contributed by atoms with Crippen molar-refractivity contribution in [3.63, 3.8) is 0 Å². The maximum Gasteiger partial charge on any atom is 0.150 e. The summed E-state index contributed by atoms with van der Waals surface area (Å²) in [6, 6.07) is 9.59. The molecular formula is C14H14N2O. The Balaban J connectivity index is 1.89. The number of fused-ring (bicyclic) bond motifs is 1. The number of nitrogens with one attached hydrogen (secondary N) is 1. The van der Waals surface area contributed by atoms with E-state index in [1.165, 1.54) is 12.8 Å². The summed E-state index contributed by atoms with van der Waals surface area (Å²) < 4.78 is 0. The molecule has 1 aromatic carbocycles. The predicted octanol–water partition coefficient (Wildman–Crippen LogP) is 2.87. The molecule has 1 aliphatic carbocycles. The van der Waals surface area contributed by atoms with Gasteiger partial charge in [0.15, 0.2) is 0 Å². The highest BCUT2D eigenvalue weighted by molar-refractivity contribution is 5.87. The van der Waals surface area contributed by atoms with Gasteiger partial charge in [0.1, 0.15) is 12.1 Å². The molecule has 86 valence electrons. The second-order valence-corrected chi connectivity index (χ2v) is 4.59. The zero-order valence-electron chi connectivity index (χ0n) is 9.52. The highest BCUT2D eigenvalue weighted by atomic mass is 16.1. The molecule has 0 atom stereocenters. The van der Waals surface area contributed by atoms with Gasteiger partial charge in [-0.2, -0.15) is 0 Å². The minimum atomic E-state index is 0.671. The van der Waals surface area contributed by atoms with Crippen molar-refractivity contribution in [2.45, 2.75) is 12.8 Å². The number of benzene rings is 1. The third kappa shape index (κ3) is 2.28. The minimum absolute atomic E-state index is 0.671. The van der Waals surface area contributed by atoms with Gasteiger partial charge in [0, 0.05) is 17.5 Å². The lowest BCUT2D eigenvalue weighted by atomic mass is 10.1. The van der Waals surface area contributed by atoms with Gasteiger partial charge >= 0.3 is 0 Å². The normalized spacial score (nSPS) is 14.8. The van der Waals surface area contributed by atoms with Gasteiger partial charge < -0.3 is 5.32 Å². The number of pyridine rings is 1. The number of nitrogens with zero attached hydrogens (tertiary/aromatic N) is 1. The first-order valence-corrected chi connectivity index (χ1v) is 5.95. The van der Waals surface area contributed by atoms with Crippen LogP contribution in [0.15, 0.2) is 30.3 Å². The number of anilines is 1. The molecule has 0 amide bonds. The standard InChI is InChI=1S/C14H14N2O/c17-9-11-3-4-12-5-6-14(16-13(12)7-11)15-8-10-1-2-10/h3-7,9-10H,1-2,8H2,(H,15,16). The first-order valence-electron chi connectivity index (χ1n) is 5.95. The second-order valence-electron chi connectivity index (χ2n) is 4.59. The Morgan fingerprint density at radius 3 is 2.88 bits per heavy atom. The third-order valence-electron chi connectivity index (χ3n) is 3.12. The highest BCUT2D eigenvalue weighted by Crippen LogP contribution is 2.28. The van der Waals surface area contributed by atoms with Crippen molar-refractivity contribution < 1.29 is 4.79 Å². The molecule has 1 fully saturated rings. The second kappa shape index (κ2) is 4.17. The molecule has 17 heavy (non-hydrogen) atoms. The molecular weight excluding hydrogens is 212 g/mol. The molecule has 0 saturated heterocycles. The van der Waals surface area contributed by atoms with Crippen molar-refractivity contribution in [3.8, 4) is 0 Å². The Hall–Kier alpha value is -1.90. The number of rotatable bonds is 4. The summed E-state index contributed by atoms with van der Waals surface area (Å²) >= 11 is 0. The van der Waals surface area contributed by atoms with Gasteiger partial charge in [-0.05, 0) is 37.0 Å². The minimum Gasteiger partial charge on any atom is -0.370 e. The largest absolute Gasteiger partial charge is 0.370 e. The van der Waals surface area contributed by atoms with Crippen molar-refractivity contribution in [2.75, 3.05) is 11.9 Å². The molecule has 3 rings (SSSR count). The SMILES string of the molecule is O=Cc1ccc2ccc(NCC3CC3)nc2c1.